The third kappa shape index (κ3) is 3.82. The van der Waals surface area contributed by atoms with Crippen LogP contribution in [0.3, 0.4) is 0 Å². The monoisotopic (exact) mass is 425 g/mol. The van der Waals surface area contributed by atoms with Crippen molar-refractivity contribution in [1.82, 2.24) is 30.6 Å². The van der Waals surface area contributed by atoms with E-state index in [4.69, 9.17) is 20.2 Å². The molecule has 0 bridgehead atoms. The van der Waals surface area contributed by atoms with Crippen LogP contribution < -0.4 is 21.4 Å². The molecule has 2 aromatic carbocycles. The van der Waals surface area contributed by atoms with Crippen molar-refractivity contribution < 1.29 is 13.9 Å². The number of nitrogen functional groups attached to an aromatic ring is 1. The van der Waals surface area contributed by atoms with E-state index >= 15 is 0 Å². The summed E-state index contributed by atoms with van der Waals surface area (Å²) in [4.78, 5) is 11.2. The van der Waals surface area contributed by atoms with E-state index in [1.165, 1.54) is 12.1 Å². The lowest BCUT2D eigenvalue weighted by Gasteiger charge is -2.13. The molecule has 10 heteroatoms. The van der Waals surface area contributed by atoms with E-state index in [9.17, 15) is 4.39 Å². The molecule has 0 radical (unpaired) electrons. The van der Waals surface area contributed by atoms with E-state index in [0.29, 0.717) is 41.3 Å². The Labute approximate surface area is 178 Å². The quantitative estimate of drug-likeness (QED) is 0.500. The highest BCUT2D eigenvalue weighted by Crippen LogP contribution is 2.33. The number of nitrogens with two attached hydrogens (primary N) is 1. The molecule has 0 atom stereocenters. The zero-order chi connectivity index (χ0) is 20.8. The predicted octanol–water partition coefficient (Wildman–Crippen LogP) is 2.58. The van der Waals surface area contributed by atoms with Gasteiger partial charge >= 0.3 is 0 Å². The molecular weight excluding hydrogens is 401 g/mol. The largest absolute Gasteiger partial charge is 0.454 e. The topological polar surface area (TPSA) is 126 Å². The summed E-state index contributed by atoms with van der Waals surface area (Å²) in [7, 11) is 3.96. The van der Waals surface area contributed by atoms with Crippen molar-refractivity contribution in [2.24, 2.45) is 0 Å². The maximum Gasteiger partial charge on any atom is 0.240 e. The molecule has 31 heavy (non-hydrogen) atoms. The van der Waals surface area contributed by atoms with Crippen molar-refractivity contribution in [2.75, 3.05) is 33.2 Å². The van der Waals surface area contributed by atoms with Gasteiger partial charge in [0.15, 0.2) is 17.1 Å². The van der Waals surface area contributed by atoms with E-state index < -0.39 is 0 Å². The van der Waals surface area contributed by atoms with Gasteiger partial charge in [-0.3, -0.25) is 0 Å². The second kappa shape index (κ2) is 7.97. The standard InChI is InChI=1S/C21H21FN6O2.H3N/c1-27(2)6-5-13-9-14(22)10-15-19(13)20-25-21(23)26-28(20)18(24-15)8-12-3-4-16-17(7-12)30-11-29-16;/h3-4,7,9-10H,5-6,8,11H2,1-2H3,(H2,23,26);1H3. The van der Waals surface area contributed by atoms with Gasteiger partial charge < -0.3 is 26.3 Å². The lowest BCUT2D eigenvalue weighted by Crippen LogP contribution is -2.15. The highest BCUT2D eigenvalue weighted by molar-refractivity contribution is 5.94. The molecule has 2 aromatic heterocycles. The molecule has 0 amide bonds. The van der Waals surface area contributed by atoms with Gasteiger partial charge in [0.25, 0.3) is 0 Å². The number of fused-ring (bicyclic) bond motifs is 4. The van der Waals surface area contributed by atoms with Crippen LogP contribution in [0.4, 0.5) is 10.3 Å². The molecule has 1 aliphatic heterocycles. The summed E-state index contributed by atoms with van der Waals surface area (Å²) < 4.78 is 26.9. The fourth-order valence-corrected chi connectivity index (χ4v) is 3.74. The Morgan fingerprint density at radius 1 is 1.13 bits per heavy atom. The molecule has 1 aliphatic rings. The van der Waals surface area contributed by atoms with Crippen LogP contribution in [0, 0.1) is 5.82 Å². The molecule has 0 aliphatic carbocycles. The van der Waals surface area contributed by atoms with Crippen LogP contribution in [-0.2, 0) is 12.8 Å². The van der Waals surface area contributed by atoms with Gasteiger partial charge in [0.1, 0.15) is 11.6 Å². The first-order chi connectivity index (χ1) is 14.5. The Morgan fingerprint density at radius 2 is 1.94 bits per heavy atom. The summed E-state index contributed by atoms with van der Waals surface area (Å²) in [5.41, 5.74) is 8.85. The fraction of sp³-hybridized carbons (Fsp3) is 0.286. The Kier molecular flexibility index (Phi) is 5.34. The molecule has 0 unspecified atom stereocenters. The average Bonchev–Trinajstić information content (AvgIpc) is 3.31. The van der Waals surface area contributed by atoms with E-state index in [-0.39, 0.29) is 24.7 Å². The van der Waals surface area contributed by atoms with Crippen molar-refractivity contribution in [3.05, 3.63) is 53.1 Å². The van der Waals surface area contributed by atoms with Crippen LogP contribution in [0.25, 0.3) is 16.6 Å². The van der Waals surface area contributed by atoms with Gasteiger partial charge in [0, 0.05) is 24.4 Å². The second-order valence-electron chi connectivity index (χ2n) is 7.61. The van der Waals surface area contributed by atoms with Gasteiger partial charge in [0.2, 0.25) is 12.7 Å². The Bertz CT molecular complexity index is 1270. The number of aromatic nitrogens is 4. The lowest BCUT2D eigenvalue weighted by atomic mass is 10.0. The smallest absolute Gasteiger partial charge is 0.240 e. The minimum atomic E-state index is -0.324. The Morgan fingerprint density at radius 3 is 2.74 bits per heavy atom. The minimum Gasteiger partial charge on any atom is -0.454 e. The van der Waals surface area contributed by atoms with Gasteiger partial charge in [-0.1, -0.05) is 6.07 Å². The van der Waals surface area contributed by atoms with E-state index in [1.54, 1.807) is 4.52 Å². The summed E-state index contributed by atoms with van der Waals surface area (Å²) in [5, 5.41) is 5.13. The molecule has 0 spiro atoms. The van der Waals surface area contributed by atoms with Crippen LogP contribution in [0.5, 0.6) is 11.5 Å². The molecule has 162 valence electrons. The fourth-order valence-electron chi connectivity index (χ4n) is 3.74. The molecule has 4 aromatic rings. The normalized spacial score (nSPS) is 12.6. The third-order valence-corrected chi connectivity index (χ3v) is 5.13. The van der Waals surface area contributed by atoms with Gasteiger partial charge in [-0.15, -0.1) is 5.10 Å². The maximum absolute atomic E-state index is 14.4. The van der Waals surface area contributed by atoms with Crippen LogP contribution in [0.15, 0.2) is 30.3 Å². The van der Waals surface area contributed by atoms with Crippen molar-refractivity contribution >= 4 is 22.5 Å². The molecule has 5 N–H and O–H groups in total. The number of ether oxygens (including phenoxy) is 2. The first-order valence-corrected chi connectivity index (χ1v) is 9.64. The third-order valence-electron chi connectivity index (χ3n) is 5.13. The van der Waals surface area contributed by atoms with Crippen molar-refractivity contribution in [2.45, 2.75) is 12.8 Å². The molecule has 0 saturated heterocycles. The number of hydrogen-bond donors (Lipinski definition) is 2. The first kappa shape index (κ1) is 20.8. The van der Waals surface area contributed by atoms with Gasteiger partial charge in [0.05, 0.1) is 5.52 Å². The van der Waals surface area contributed by atoms with Crippen LogP contribution in [0.1, 0.15) is 17.0 Å². The van der Waals surface area contributed by atoms with Gasteiger partial charge in [-0.25, -0.2) is 9.37 Å². The summed E-state index contributed by atoms with van der Waals surface area (Å²) in [6, 6.07) is 8.69. The van der Waals surface area contributed by atoms with E-state index in [1.807, 2.05) is 37.2 Å². The lowest BCUT2D eigenvalue weighted by molar-refractivity contribution is 0.174. The molecule has 0 fully saturated rings. The van der Waals surface area contributed by atoms with Gasteiger partial charge in [-0.05, 0) is 49.8 Å². The second-order valence-corrected chi connectivity index (χ2v) is 7.61. The first-order valence-electron chi connectivity index (χ1n) is 9.64. The number of rotatable bonds is 5. The summed E-state index contributed by atoms with van der Waals surface area (Å²) in [5.74, 6) is 1.85. The van der Waals surface area contributed by atoms with Crippen LogP contribution in [-0.4, -0.2) is 51.9 Å². The Balaban J connectivity index is 0.00000231. The number of hydrogen-bond acceptors (Lipinski definition) is 8. The molecular formula is C21H24FN7O2. The molecule has 9 nitrogen and oxygen atoms in total. The van der Waals surface area contributed by atoms with Crippen LogP contribution in [0.2, 0.25) is 0 Å². The molecule has 3 heterocycles. The Hall–Kier alpha value is -3.50. The highest BCUT2D eigenvalue weighted by Gasteiger charge is 2.19. The zero-order valence-corrected chi connectivity index (χ0v) is 17.4. The number of anilines is 1. The van der Waals surface area contributed by atoms with Gasteiger partial charge in [-0.2, -0.15) is 9.50 Å². The van der Waals surface area contributed by atoms with E-state index in [0.717, 1.165) is 23.1 Å². The van der Waals surface area contributed by atoms with Crippen molar-refractivity contribution in [3.63, 3.8) is 0 Å². The zero-order valence-electron chi connectivity index (χ0n) is 17.4. The molecule has 5 rings (SSSR count). The van der Waals surface area contributed by atoms with Crippen molar-refractivity contribution in [1.29, 1.82) is 0 Å². The van der Waals surface area contributed by atoms with E-state index in [2.05, 4.69) is 10.1 Å². The number of likely N-dealkylation sites (N-methyl/N-ethyl adjacent to an activating group) is 1. The minimum absolute atomic E-state index is 0. The summed E-state index contributed by atoms with van der Waals surface area (Å²) in [6.45, 7) is 0.985. The number of halogens is 1. The maximum atomic E-state index is 14.4. The summed E-state index contributed by atoms with van der Waals surface area (Å²) in [6.07, 6.45) is 1.11. The SMILES string of the molecule is CN(C)CCc1cc(F)cc2nc(Cc3ccc4c(c3)OCO4)n3nc(N)nc3c12.N. The summed E-state index contributed by atoms with van der Waals surface area (Å²) >= 11 is 0. The van der Waals surface area contributed by atoms with Crippen LogP contribution >= 0.6 is 0 Å². The predicted molar refractivity (Wildman–Crippen MR) is 115 cm³/mol. The number of benzene rings is 2. The average molecular weight is 425 g/mol. The number of nitrogens with zero attached hydrogens (tertiary/aromatic N) is 5. The van der Waals surface area contributed by atoms with Crippen molar-refractivity contribution in [3.8, 4) is 11.5 Å². The highest BCUT2D eigenvalue weighted by atomic mass is 19.1. The molecule has 0 saturated carbocycles.